The molecule has 0 aliphatic carbocycles. The molecule has 0 radical (unpaired) electrons. The fraction of sp³-hybridized carbons (Fsp3) is 0.368. The van der Waals surface area contributed by atoms with Crippen molar-refractivity contribution < 1.29 is 9.53 Å². The molecule has 1 atom stereocenters. The molecule has 3 heterocycles. The minimum Gasteiger partial charge on any atom is -0.377 e. The van der Waals surface area contributed by atoms with Gasteiger partial charge in [-0.05, 0) is 26.0 Å². The van der Waals surface area contributed by atoms with E-state index < -0.39 is 0 Å². The first-order chi connectivity index (χ1) is 12.1. The first-order valence-electron chi connectivity index (χ1n) is 8.53. The smallest absolute Gasteiger partial charge is 0.256 e. The number of hydrogen-bond acceptors (Lipinski definition) is 3. The Morgan fingerprint density at radius 3 is 2.92 bits per heavy atom. The molecule has 130 valence electrons. The van der Waals surface area contributed by atoms with Gasteiger partial charge in [0.1, 0.15) is 0 Å². The Labute approximate surface area is 146 Å². The summed E-state index contributed by atoms with van der Waals surface area (Å²) in [4.78, 5) is 18.5. The zero-order valence-electron chi connectivity index (χ0n) is 14.7. The van der Waals surface area contributed by atoms with Crippen LogP contribution in [0.25, 0.3) is 10.9 Å². The van der Waals surface area contributed by atoms with Crippen LogP contribution in [0.2, 0.25) is 0 Å². The van der Waals surface area contributed by atoms with Crippen molar-refractivity contribution >= 4 is 16.8 Å². The van der Waals surface area contributed by atoms with E-state index in [1.54, 1.807) is 0 Å². The lowest BCUT2D eigenvalue weighted by Crippen LogP contribution is -2.43. The quantitative estimate of drug-likeness (QED) is 0.781. The number of aromatic amines is 1. The van der Waals surface area contributed by atoms with E-state index in [4.69, 9.17) is 4.74 Å². The highest BCUT2D eigenvalue weighted by atomic mass is 16.5. The van der Waals surface area contributed by atoms with Gasteiger partial charge in [-0.1, -0.05) is 12.1 Å². The van der Waals surface area contributed by atoms with E-state index in [0.29, 0.717) is 25.3 Å². The van der Waals surface area contributed by atoms with Crippen molar-refractivity contribution in [2.24, 2.45) is 7.05 Å². The van der Waals surface area contributed by atoms with Crippen LogP contribution in [-0.4, -0.2) is 45.3 Å². The number of H-pyrrole nitrogens is 1. The molecule has 1 aliphatic heterocycles. The fourth-order valence-corrected chi connectivity index (χ4v) is 3.78. The first-order valence-corrected chi connectivity index (χ1v) is 8.53. The summed E-state index contributed by atoms with van der Waals surface area (Å²) in [6.07, 6.45) is 1.87. The predicted molar refractivity (Wildman–Crippen MR) is 95.6 cm³/mol. The Balaban J connectivity index is 1.76. The van der Waals surface area contributed by atoms with Crippen LogP contribution >= 0.6 is 0 Å². The highest BCUT2D eigenvalue weighted by Gasteiger charge is 2.33. The molecule has 1 amide bonds. The topological polar surface area (TPSA) is 63.1 Å². The number of para-hydroxylation sites is 1. The molecule has 3 aromatic rings. The monoisotopic (exact) mass is 338 g/mol. The fourth-order valence-electron chi connectivity index (χ4n) is 3.78. The number of benzene rings is 1. The molecule has 0 bridgehead atoms. The van der Waals surface area contributed by atoms with Gasteiger partial charge in [0.05, 0.1) is 36.0 Å². The van der Waals surface area contributed by atoms with E-state index in [1.807, 2.05) is 60.9 Å². The Morgan fingerprint density at radius 2 is 2.16 bits per heavy atom. The highest BCUT2D eigenvalue weighted by Crippen LogP contribution is 2.31. The van der Waals surface area contributed by atoms with Crippen LogP contribution in [-0.2, 0) is 11.8 Å². The number of carbonyl (C=O) groups excluding carboxylic acids is 1. The summed E-state index contributed by atoms with van der Waals surface area (Å²) >= 11 is 0. The Bertz CT molecular complexity index is 940. The van der Waals surface area contributed by atoms with Crippen molar-refractivity contribution in [3.8, 4) is 0 Å². The third kappa shape index (κ3) is 2.53. The van der Waals surface area contributed by atoms with Crippen molar-refractivity contribution in [1.82, 2.24) is 19.7 Å². The van der Waals surface area contributed by atoms with E-state index in [2.05, 4.69) is 10.1 Å². The number of ether oxygens (including phenoxy) is 1. The van der Waals surface area contributed by atoms with E-state index in [0.717, 1.165) is 27.9 Å². The lowest BCUT2D eigenvalue weighted by molar-refractivity contribution is -0.00295. The van der Waals surface area contributed by atoms with Crippen LogP contribution in [0.15, 0.2) is 30.5 Å². The van der Waals surface area contributed by atoms with Gasteiger partial charge in [0.15, 0.2) is 0 Å². The van der Waals surface area contributed by atoms with Gasteiger partial charge in [0.25, 0.3) is 5.91 Å². The van der Waals surface area contributed by atoms with Crippen molar-refractivity contribution in [3.05, 3.63) is 53.0 Å². The van der Waals surface area contributed by atoms with Crippen molar-refractivity contribution in [3.63, 3.8) is 0 Å². The maximum atomic E-state index is 13.3. The molecule has 1 N–H and O–H groups in total. The number of carbonyl (C=O) groups is 1. The van der Waals surface area contributed by atoms with E-state index in [9.17, 15) is 4.79 Å². The Morgan fingerprint density at radius 1 is 1.32 bits per heavy atom. The number of fused-ring (bicyclic) bond motifs is 1. The third-order valence-corrected chi connectivity index (χ3v) is 5.11. The number of morpholine rings is 1. The number of rotatable bonds is 2. The van der Waals surface area contributed by atoms with Crippen LogP contribution in [0.5, 0.6) is 0 Å². The van der Waals surface area contributed by atoms with Gasteiger partial charge in [0, 0.05) is 36.4 Å². The second-order valence-corrected chi connectivity index (χ2v) is 6.54. The zero-order chi connectivity index (χ0) is 17.6. The van der Waals surface area contributed by atoms with Crippen LogP contribution in [0.3, 0.4) is 0 Å². The van der Waals surface area contributed by atoms with E-state index in [1.165, 1.54) is 0 Å². The molecule has 0 spiro atoms. The summed E-state index contributed by atoms with van der Waals surface area (Å²) < 4.78 is 7.57. The van der Waals surface area contributed by atoms with Crippen molar-refractivity contribution in [2.75, 3.05) is 19.8 Å². The summed E-state index contributed by atoms with van der Waals surface area (Å²) in [6, 6.07) is 7.70. The van der Waals surface area contributed by atoms with Crippen LogP contribution < -0.4 is 0 Å². The summed E-state index contributed by atoms with van der Waals surface area (Å²) in [7, 11) is 1.93. The average Bonchev–Trinajstić information content (AvgIpc) is 3.19. The third-order valence-electron chi connectivity index (χ3n) is 5.11. The molecule has 25 heavy (non-hydrogen) atoms. The number of aromatic nitrogens is 3. The normalized spacial score (nSPS) is 18.0. The molecule has 1 aliphatic rings. The largest absolute Gasteiger partial charge is 0.377 e. The van der Waals surface area contributed by atoms with Gasteiger partial charge in [-0.2, -0.15) is 5.10 Å². The minimum absolute atomic E-state index is 0.0315. The number of amides is 1. The van der Waals surface area contributed by atoms with Crippen LogP contribution in [0.4, 0.5) is 0 Å². The second kappa shape index (κ2) is 6.04. The molecule has 4 rings (SSSR count). The Kier molecular flexibility index (Phi) is 3.84. The van der Waals surface area contributed by atoms with Crippen molar-refractivity contribution in [1.29, 1.82) is 0 Å². The highest BCUT2D eigenvalue weighted by molar-refractivity contribution is 6.05. The van der Waals surface area contributed by atoms with Crippen LogP contribution in [0.1, 0.15) is 33.4 Å². The zero-order valence-corrected chi connectivity index (χ0v) is 14.7. The summed E-state index contributed by atoms with van der Waals surface area (Å²) in [6.45, 7) is 5.67. The van der Waals surface area contributed by atoms with E-state index >= 15 is 0 Å². The van der Waals surface area contributed by atoms with Crippen LogP contribution in [0, 0.1) is 13.8 Å². The van der Waals surface area contributed by atoms with Crippen molar-refractivity contribution in [2.45, 2.75) is 19.9 Å². The predicted octanol–water partition coefficient (Wildman–Crippen LogP) is 2.73. The summed E-state index contributed by atoms with van der Waals surface area (Å²) in [5.41, 5.74) is 4.70. The molecule has 1 fully saturated rings. The van der Waals surface area contributed by atoms with Gasteiger partial charge >= 0.3 is 0 Å². The number of aryl methyl sites for hydroxylation is 2. The maximum Gasteiger partial charge on any atom is 0.256 e. The lowest BCUT2D eigenvalue weighted by atomic mass is 10.0. The number of nitrogens with one attached hydrogen (secondary N) is 1. The molecule has 0 saturated carbocycles. The Hall–Kier alpha value is -2.60. The first kappa shape index (κ1) is 15.9. The number of nitrogens with zero attached hydrogens (tertiary/aromatic N) is 3. The summed E-state index contributed by atoms with van der Waals surface area (Å²) in [5.74, 6) is 0.0315. The molecule has 2 aromatic heterocycles. The minimum atomic E-state index is -0.111. The maximum absolute atomic E-state index is 13.3. The molecule has 0 unspecified atom stereocenters. The van der Waals surface area contributed by atoms with Gasteiger partial charge in [-0.3, -0.25) is 9.48 Å². The SMILES string of the molecule is Cc1nn(C)c(C)c1[C@@H]1COCCN1C(=O)c1cccc2cc[nH]c12. The molecule has 6 nitrogen and oxygen atoms in total. The standard InChI is InChI=1S/C19H22N4O2/c1-12-17(13(2)22(3)21-12)16-11-25-10-9-23(16)19(24)15-6-4-5-14-7-8-20-18(14)15/h4-8,16,20H,9-11H2,1-3H3/t16-/m0/s1. The van der Waals surface area contributed by atoms with E-state index in [-0.39, 0.29) is 11.9 Å². The molecular weight excluding hydrogens is 316 g/mol. The molecule has 1 aromatic carbocycles. The summed E-state index contributed by atoms with van der Waals surface area (Å²) in [5, 5.41) is 5.56. The second-order valence-electron chi connectivity index (χ2n) is 6.54. The molecular formula is C19H22N4O2. The van der Waals surface area contributed by atoms with Gasteiger partial charge in [0.2, 0.25) is 0 Å². The van der Waals surface area contributed by atoms with Gasteiger partial charge < -0.3 is 14.6 Å². The molecule has 6 heteroatoms. The number of hydrogen-bond donors (Lipinski definition) is 1. The van der Waals surface area contributed by atoms with Gasteiger partial charge in [-0.25, -0.2) is 0 Å². The molecule has 1 saturated heterocycles. The lowest BCUT2D eigenvalue weighted by Gasteiger charge is -2.36. The average molecular weight is 338 g/mol. The van der Waals surface area contributed by atoms with Gasteiger partial charge in [-0.15, -0.1) is 0 Å².